The molecular formula is C28H26F4N4O3. The van der Waals surface area contributed by atoms with E-state index < -0.39 is 60.7 Å². The minimum atomic E-state index is -2.81. The van der Waals surface area contributed by atoms with E-state index in [4.69, 9.17) is 0 Å². The molecule has 3 heterocycles. The molecule has 2 aliphatic rings. The molecule has 11 heteroatoms. The summed E-state index contributed by atoms with van der Waals surface area (Å²) < 4.78 is 56.0. The lowest BCUT2D eigenvalue weighted by Gasteiger charge is -2.35. The average Bonchev–Trinajstić information content (AvgIpc) is 3.29. The van der Waals surface area contributed by atoms with Gasteiger partial charge in [0, 0.05) is 37.1 Å². The Kier molecular flexibility index (Phi) is 7.24. The number of rotatable bonds is 7. The molecule has 39 heavy (non-hydrogen) atoms. The fourth-order valence-electron chi connectivity index (χ4n) is 5.16. The van der Waals surface area contributed by atoms with Gasteiger partial charge >= 0.3 is 0 Å². The zero-order valence-corrected chi connectivity index (χ0v) is 20.7. The molecule has 2 amide bonds. The smallest absolute Gasteiger partial charge is 0.249 e. The Morgan fingerprint density at radius 2 is 1.85 bits per heavy atom. The summed E-state index contributed by atoms with van der Waals surface area (Å²) in [6, 6.07) is 12.2. The monoisotopic (exact) mass is 542 g/mol. The van der Waals surface area contributed by atoms with Crippen LogP contribution in [0, 0.1) is 5.95 Å². The fourth-order valence-corrected chi connectivity index (χ4v) is 5.16. The molecular weight excluding hydrogens is 516 g/mol. The van der Waals surface area contributed by atoms with Crippen molar-refractivity contribution in [1.82, 2.24) is 20.2 Å². The van der Waals surface area contributed by atoms with Gasteiger partial charge in [0.15, 0.2) is 0 Å². The van der Waals surface area contributed by atoms with Crippen molar-refractivity contribution in [2.24, 2.45) is 0 Å². The number of likely N-dealkylation sites (tertiary alicyclic amines) is 1. The van der Waals surface area contributed by atoms with Crippen molar-refractivity contribution in [3.8, 4) is 0 Å². The third-order valence-electron chi connectivity index (χ3n) is 7.22. The van der Waals surface area contributed by atoms with Crippen molar-refractivity contribution in [3.05, 3.63) is 99.5 Å². The number of H-pyrrole nitrogens is 1. The molecule has 0 unspecified atom stereocenters. The third-order valence-corrected chi connectivity index (χ3v) is 7.22. The number of aromatic amines is 1. The first-order valence-electron chi connectivity index (χ1n) is 12.6. The summed E-state index contributed by atoms with van der Waals surface area (Å²) in [6.45, 7) is -0.260. The van der Waals surface area contributed by atoms with Gasteiger partial charge in [0.2, 0.25) is 29.2 Å². The molecule has 204 valence electrons. The minimum absolute atomic E-state index is 0.0953. The first-order chi connectivity index (χ1) is 18.6. The quantitative estimate of drug-likeness (QED) is 0.351. The molecule has 3 aromatic rings. The molecule has 0 radical (unpaired) electrons. The molecule has 2 fully saturated rings. The number of benzene rings is 1. The second kappa shape index (κ2) is 10.6. The number of pyridine rings is 2. The van der Waals surface area contributed by atoms with Crippen molar-refractivity contribution < 1.29 is 27.2 Å². The summed E-state index contributed by atoms with van der Waals surface area (Å²) >= 11 is 0. The number of hydrogen-bond acceptors (Lipinski definition) is 4. The Balaban J connectivity index is 1.36. The van der Waals surface area contributed by atoms with Crippen LogP contribution in [0.1, 0.15) is 53.6 Å². The van der Waals surface area contributed by atoms with Gasteiger partial charge in [-0.05, 0) is 23.1 Å². The Hall–Kier alpha value is -4.02. The lowest BCUT2D eigenvalue weighted by atomic mass is 9.77. The van der Waals surface area contributed by atoms with E-state index in [2.05, 4.69) is 15.3 Å². The predicted octanol–water partition coefficient (Wildman–Crippen LogP) is 3.81. The van der Waals surface area contributed by atoms with E-state index in [0.717, 1.165) is 0 Å². The van der Waals surface area contributed by atoms with E-state index in [1.807, 2.05) is 0 Å². The summed E-state index contributed by atoms with van der Waals surface area (Å²) in [7, 11) is 0. The minimum Gasteiger partial charge on any atom is -0.342 e. The highest BCUT2D eigenvalue weighted by Gasteiger charge is 2.47. The van der Waals surface area contributed by atoms with Gasteiger partial charge in [-0.15, -0.1) is 0 Å². The number of aromatic nitrogens is 2. The van der Waals surface area contributed by atoms with Crippen LogP contribution < -0.4 is 10.9 Å². The molecule has 3 atom stereocenters. The average molecular weight is 543 g/mol. The van der Waals surface area contributed by atoms with E-state index in [9.17, 15) is 31.9 Å². The zero-order valence-electron chi connectivity index (χ0n) is 20.7. The van der Waals surface area contributed by atoms with Crippen molar-refractivity contribution in [2.45, 2.75) is 55.8 Å². The van der Waals surface area contributed by atoms with Crippen molar-refractivity contribution >= 4 is 11.8 Å². The van der Waals surface area contributed by atoms with Crippen LogP contribution in [0.2, 0.25) is 0 Å². The topological polar surface area (TPSA) is 95.2 Å². The van der Waals surface area contributed by atoms with E-state index in [0.29, 0.717) is 11.1 Å². The van der Waals surface area contributed by atoms with Crippen LogP contribution in [-0.2, 0) is 16.0 Å². The second-order valence-electron chi connectivity index (χ2n) is 10.1. The van der Waals surface area contributed by atoms with Gasteiger partial charge in [-0.25, -0.2) is 18.2 Å². The molecule has 2 N–H and O–H groups in total. The van der Waals surface area contributed by atoms with Crippen molar-refractivity contribution in [3.63, 3.8) is 0 Å². The Morgan fingerprint density at radius 1 is 1.10 bits per heavy atom. The highest BCUT2D eigenvalue weighted by Crippen LogP contribution is 2.48. The van der Waals surface area contributed by atoms with Crippen LogP contribution in [-0.4, -0.2) is 51.4 Å². The maximum Gasteiger partial charge on any atom is 0.249 e. The number of halogens is 4. The van der Waals surface area contributed by atoms with Crippen LogP contribution >= 0.6 is 0 Å². The first-order valence-corrected chi connectivity index (χ1v) is 12.6. The van der Waals surface area contributed by atoms with E-state index >= 15 is 0 Å². The van der Waals surface area contributed by atoms with Gasteiger partial charge in [0.25, 0.3) is 0 Å². The highest BCUT2D eigenvalue weighted by molar-refractivity contribution is 5.89. The Labute approximate surface area is 221 Å². The SMILES string of the molecule is O=C(N[C@H](c1ccccc1)c1ccc(C2CC(F)(F)C2)c(F)n1)[C@@H]1C[C@@H](F)CN1C(=O)Cc1ccc(=O)[nH]c1. The summed E-state index contributed by atoms with van der Waals surface area (Å²) in [5.41, 5.74) is 0.985. The van der Waals surface area contributed by atoms with Gasteiger partial charge in [-0.2, -0.15) is 4.39 Å². The maximum absolute atomic E-state index is 14.9. The lowest BCUT2D eigenvalue weighted by Crippen LogP contribution is -2.47. The van der Waals surface area contributed by atoms with E-state index in [1.54, 1.807) is 30.3 Å². The lowest BCUT2D eigenvalue weighted by molar-refractivity contribution is -0.138. The number of nitrogens with one attached hydrogen (secondary N) is 2. The van der Waals surface area contributed by atoms with Crippen LogP contribution in [0.4, 0.5) is 17.6 Å². The van der Waals surface area contributed by atoms with Crippen LogP contribution in [0.15, 0.2) is 65.6 Å². The van der Waals surface area contributed by atoms with Gasteiger partial charge in [0.1, 0.15) is 12.2 Å². The predicted molar refractivity (Wildman–Crippen MR) is 133 cm³/mol. The number of carbonyl (C=O) groups excluding carboxylic acids is 2. The van der Waals surface area contributed by atoms with Crippen molar-refractivity contribution in [1.29, 1.82) is 0 Å². The number of amides is 2. The van der Waals surface area contributed by atoms with E-state index in [1.165, 1.54) is 35.4 Å². The molecule has 0 spiro atoms. The zero-order chi connectivity index (χ0) is 27.7. The molecule has 1 aliphatic heterocycles. The maximum atomic E-state index is 14.9. The van der Waals surface area contributed by atoms with Gasteiger partial charge in [-0.1, -0.05) is 42.5 Å². The first kappa shape index (κ1) is 26.6. The van der Waals surface area contributed by atoms with E-state index in [-0.39, 0.29) is 36.2 Å². The van der Waals surface area contributed by atoms with Gasteiger partial charge in [-0.3, -0.25) is 14.4 Å². The number of carbonyl (C=O) groups is 2. The molecule has 1 saturated carbocycles. The summed E-state index contributed by atoms with van der Waals surface area (Å²) in [6.07, 6.45) is -1.26. The molecule has 5 rings (SSSR count). The molecule has 1 aliphatic carbocycles. The number of alkyl halides is 3. The van der Waals surface area contributed by atoms with Crippen LogP contribution in [0.25, 0.3) is 0 Å². The molecule has 7 nitrogen and oxygen atoms in total. The molecule has 0 bridgehead atoms. The van der Waals surface area contributed by atoms with Crippen LogP contribution in [0.3, 0.4) is 0 Å². The van der Waals surface area contributed by atoms with Crippen molar-refractivity contribution in [2.75, 3.05) is 6.54 Å². The Morgan fingerprint density at radius 3 is 2.49 bits per heavy atom. The number of hydrogen-bond donors (Lipinski definition) is 2. The van der Waals surface area contributed by atoms with Gasteiger partial charge in [0.05, 0.1) is 24.7 Å². The second-order valence-corrected chi connectivity index (χ2v) is 10.1. The standard InChI is InChI=1S/C28H26F4N4O3/c29-19-11-22(36(15-19)24(38)10-16-6-9-23(37)33-14-16)27(39)35-25(17-4-2-1-3-5-17)21-8-7-20(26(30)34-21)18-12-28(31,32)13-18/h1-9,14,18-19,22,25H,10-13,15H2,(H,33,37)(H,35,39)/t19-,22+,25-/m1/s1. The molecule has 1 saturated heterocycles. The summed E-state index contributed by atoms with van der Waals surface area (Å²) in [5, 5.41) is 2.79. The third kappa shape index (κ3) is 5.86. The fraction of sp³-hybridized carbons (Fsp3) is 0.357. The van der Waals surface area contributed by atoms with Gasteiger partial charge < -0.3 is 15.2 Å². The largest absolute Gasteiger partial charge is 0.342 e. The van der Waals surface area contributed by atoms with Crippen LogP contribution in [0.5, 0.6) is 0 Å². The molecule has 2 aromatic heterocycles. The Bertz CT molecular complexity index is 1400. The summed E-state index contributed by atoms with van der Waals surface area (Å²) in [4.78, 5) is 45.3. The highest BCUT2D eigenvalue weighted by atomic mass is 19.3. The molecule has 1 aromatic carbocycles. The normalized spacial score (nSPS) is 21.3. The number of nitrogens with zero attached hydrogens (tertiary/aromatic N) is 2. The summed E-state index contributed by atoms with van der Waals surface area (Å²) in [5.74, 6) is -5.44.